The van der Waals surface area contributed by atoms with Crippen molar-refractivity contribution in [1.82, 2.24) is 9.88 Å². The van der Waals surface area contributed by atoms with E-state index in [1.54, 1.807) is 4.90 Å². The zero-order chi connectivity index (χ0) is 16.3. The highest BCUT2D eigenvalue weighted by Gasteiger charge is 2.28. The van der Waals surface area contributed by atoms with Gasteiger partial charge in [-0.05, 0) is 46.0 Å². The lowest BCUT2D eigenvalue weighted by atomic mass is 9.93. The van der Waals surface area contributed by atoms with Crippen LogP contribution < -0.4 is 0 Å². The van der Waals surface area contributed by atoms with Crippen molar-refractivity contribution in [2.24, 2.45) is 5.92 Å². The predicted molar refractivity (Wildman–Crippen MR) is 78.4 cm³/mol. The molecule has 6 heteroatoms. The zero-order valence-electron chi connectivity index (χ0n) is 13.2. The number of nitrogens with zero attached hydrogens (tertiary/aromatic N) is 2. The van der Waals surface area contributed by atoms with Crippen molar-refractivity contribution in [3.8, 4) is 0 Å². The Balaban J connectivity index is 1.97. The number of carbonyl (C=O) groups excluding carboxylic acids is 1. The van der Waals surface area contributed by atoms with E-state index in [1.165, 1.54) is 0 Å². The van der Waals surface area contributed by atoms with Crippen LogP contribution in [0.2, 0.25) is 0 Å². The van der Waals surface area contributed by atoms with Gasteiger partial charge in [0.15, 0.2) is 0 Å². The molecular weight excluding hydrogens is 290 g/mol. The monoisotopic (exact) mass is 312 g/mol. The Kier molecular flexibility index (Phi) is 4.98. The van der Waals surface area contributed by atoms with E-state index < -0.39 is 17.2 Å². The molecule has 0 radical (unpaired) electrons. The van der Waals surface area contributed by atoms with Crippen molar-refractivity contribution in [1.29, 1.82) is 0 Å². The summed E-state index contributed by atoms with van der Waals surface area (Å²) in [5, 5.41) is 0. The van der Waals surface area contributed by atoms with Crippen LogP contribution in [0.25, 0.3) is 0 Å². The molecule has 122 valence electrons. The number of halogens is 2. The molecule has 0 aliphatic carbocycles. The first-order chi connectivity index (χ1) is 10.2. The SMILES string of the molecule is CC(C)(C)OC(=O)N1CCC[C@H](Cc2ncc(F)cc2F)C1. The van der Waals surface area contributed by atoms with Crippen molar-refractivity contribution < 1.29 is 18.3 Å². The minimum Gasteiger partial charge on any atom is -0.444 e. The summed E-state index contributed by atoms with van der Waals surface area (Å²) >= 11 is 0. The number of piperidine rings is 1. The van der Waals surface area contributed by atoms with Crippen LogP contribution in [0.15, 0.2) is 12.3 Å². The molecule has 4 nitrogen and oxygen atoms in total. The second kappa shape index (κ2) is 6.58. The van der Waals surface area contributed by atoms with Gasteiger partial charge in [0.1, 0.15) is 17.2 Å². The van der Waals surface area contributed by atoms with Gasteiger partial charge in [0, 0.05) is 19.2 Å². The second-order valence-corrected chi connectivity index (χ2v) is 6.72. The van der Waals surface area contributed by atoms with Crippen molar-refractivity contribution in [2.45, 2.75) is 45.6 Å². The number of ether oxygens (including phenoxy) is 1. The Hall–Kier alpha value is -1.72. The van der Waals surface area contributed by atoms with Crippen molar-refractivity contribution in [3.05, 3.63) is 29.6 Å². The molecule has 2 rings (SSSR count). The van der Waals surface area contributed by atoms with Crippen LogP contribution in [-0.4, -0.2) is 34.7 Å². The first-order valence-electron chi connectivity index (χ1n) is 7.52. The van der Waals surface area contributed by atoms with E-state index in [-0.39, 0.29) is 17.7 Å². The average molecular weight is 312 g/mol. The maximum absolute atomic E-state index is 13.7. The molecule has 1 aliphatic rings. The summed E-state index contributed by atoms with van der Waals surface area (Å²) < 4.78 is 31.9. The summed E-state index contributed by atoms with van der Waals surface area (Å²) in [6, 6.07) is 0.844. The molecule has 0 spiro atoms. The van der Waals surface area contributed by atoms with Crippen molar-refractivity contribution in [3.63, 3.8) is 0 Å². The first kappa shape index (κ1) is 16.6. The fraction of sp³-hybridized carbons (Fsp3) is 0.625. The number of aromatic nitrogens is 1. The van der Waals surface area contributed by atoms with Crippen LogP contribution in [0.4, 0.5) is 13.6 Å². The minimum atomic E-state index is -0.680. The summed E-state index contributed by atoms with van der Waals surface area (Å²) in [6.07, 6.45) is 2.80. The Bertz CT molecular complexity index is 543. The van der Waals surface area contributed by atoms with Crippen LogP contribution in [0.3, 0.4) is 0 Å². The van der Waals surface area contributed by atoms with Crippen molar-refractivity contribution >= 4 is 6.09 Å². The molecule has 1 fully saturated rings. The Morgan fingerprint density at radius 3 is 2.82 bits per heavy atom. The lowest BCUT2D eigenvalue weighted by Crippen LogP contribution is -2.43. The van der Waals surface area contributed by atoms with E-state index in [0.29, 0.717) is 19.5 Å². The highest BCUT2D eigenvalue weighted by atomic mass is 19.1. The van der Waals surface area contributed by atoms with Gasteiger partial charge in [-0.3, -0.25) is 4.98 Å². The lowest BCUT2D eigenvalue weighted by molar-refractivity contribution is 0.0165. The largest absolute Gasteiger partial charge is 0.444 e. The van der Waals surface area contributed by atoms with Gasteiger partial charge in [0.25, 0.3) is 0 Å². The van der Waals surface area contributed by atoms with Crippen LogP contribution in [0, 0.1) is 17.6 Å². The summed E-state index contributed by atoms with van der Waals surface area (Å²) in [6.45, 7) is 6.62. The highest BCUT2D eigenvalue weighted by Crippen LogP contribution is 2.23. The molecule has 1 saturated heterocycles. The molecule has 1 amide bonds. The second-order valence-electron chi connectivity index (χ2n) is 6.72. The Morgan fingerprint density at radius 1 is 1.45 bits per heavy atom. The highest BCUT2D eigenvalue weighted by molar-refractivity contribution is 5.68. The van der Waals surface area contributed by atoms with Crippen LogP contribution >= 0.6 is 0 Å². The lowest BCUT2D eigenvalue weighted by Gasteiger charge is -2.34. The minimum absolute atomic E-state index is 0.105. The molecule has 0 N–H and O–H groups in total. The van der Waals surface area contributed by atoms with Crippen LogP contribution in [-0.2, 0) is 11.2 Å². The van der Waals surface area contributed by atoms with Gasteiger partial charge in [-0.25, -0.2) is 13.6 Å². The van der Waals surface area contributed by atoms with Crippen LogP contribution in [0.1, 0.15) is 39.3 Å². The fourth-order valence-corrected chi connectivity index (χ4v) is 2.59. The Morgan fingerprint density at radius 2 is 2.18 bits per heavy atom. The maximum atomic E-state index is 13.7. The van der Waals surface area contributed by atoms with E-state index in [4.69, 9.17) is 4.74 Å². The third-order valence-electron chi connectivity index (χ3n) is 3.54. The topological polar surface area (TPSA) is 42.4 Å². The van der Waals surface area contributed by atoms with E-state index in [2.05, 4.69) is 4.98 Å². The molecule has 0 aromatic carbocycles. The zero-order valence-corrected chi connectivity index (χ0v) is 13.2. The molecule has 2 heterocycles. The number of likely N-dealkylation sites (tertiary alicyclic amines) is 1. The van der Waals surface area contributed by atoms with Gasteiger partial charge in [0.05, 0.1) is 11.9 Å². The van der Waals surface area contributed by atoms with Gasteiger partial charge in [0.2, 0.25) is 0 Å². The van der Waals surface area contributed by atoms with Gasteiger partial charge >= 0.3 is 6.09 Å². The summed E-state index contributed by atoms with van der Waals surface area (Å²) in [5.41, 5.74) is -0.285. The maximum Gasteiger partial charge on any atom is 0.410 e. The van der Waals surface area contributed by atoms with E-state index in [1.807, 2.05) is 20.8 Å². The molecule has 0 bridgehead atoms. The molecule has 22 heavy (non-hydrogen) atoms. The van der Waals surface area contributed by atoms with Crippen molar-refractivity contribution in [2.75, 3.05) is 13.1 Å². The van der Waals surface area contributed by atoms with E-state index in [9.17, 15) is 13.6 Å². The number of rotatable bonds is 2. The predicted octanol–water partition coefficient (Wildman–Crippen LogP) is 3.55. The molecular formula is C16H22F2N2O2. The molecule has 0 saturated carbocycles. The smallest absolute Gasteiger partial charge is 0.410 e. The van der Waals surface area contributed by atoms with Gasteiger partial charge in [-0.1, -0.05) is 0 Å². The molecule has 1 atom stereocenters. The third-order valence-corrected chi connectivity index (χ3v) is 3.54. The first-order valence-corrected chi connectivity index (χ1v) is 7.52. The third kappa shape index (κ3) is 4.64. The van der Waals surface area contributed by atoms with Gasteiger partial charge in [-0.15, -0.1) is 0 Å². The average Bonchev–Trinajstić information content (AvgIpc) is 2.40. The van der Waals surface area contributed by atoms with Gasteiger partial charge < -0.3 is 9.64 Å². The molecule has 1 aliphatic heterocycles. The summed E-state index contributed by atoms with van der Waals surface area (Å²) in [7, 11) is 0. The quantitative estimate of drug-likeness (QED) is 0.838. The number of amides is 1. The van der Waals surface area contributed by atoms with Gasteiger partial charge in [-0.2, -0.15) is 0 Å². The van der Waals surface area contributed by atoms with E-state index in [0.717, 1.165) is 25.1 Å². The van der Waals surface area contributed by atoms with E-state index >= 15 is 0 Å². The number of carbonyl (C=O) groups is 1. The van der Waals surface area contributed by atoms with Crippen LogP contribution in [0.5, 0.6) is 0 Å². The fourth-order valence-electron chi connectivity index (χ4n) is 2.59. The molecule has 0 unspecified atom stereocenters. The number of pyridine rings is 1. The molecule has 1 aromatic heterocycles. The normalized spacial score (nSPS) is 19.1. The standard InChI is InChI=1S/C16H22F2N2O2/c1-16(2,3)22-15(21)20-6-4-5-11(10-20)7-14-13(18)8-12(17)9-19-14/h8-9,11H,4-7,10H2,1-3H3/t11-/m1/s1. The summed E-state index contributed by atoms with van der Waals surface area (Å²) in [4.78, 5) is 17.6. The number of hydrogen-bond donors (Lipinski definition) is 0. The Labute approximate surface area is 129 Å². The number of hydrogen-bond acceptors (Lipinski definition) is 3. The summed E-state index contributed by atoms with van der Waals surface area (Å²) in [5.74, 6) is -1.21. The molecule has 1 aromatic rings.